The second-order valence-corrected chi connectivity index (χ2v) is 15.1. The fourth-order valence-corrected chi connectivity index (χ4v) is 8.25. The molecular formula is C38H49F3N4O5S. The number of fused-ring (bicyclic) bond motifs is 1. The summed E-state index contributed by atoms with van der Waals surface area (Å²) < 4.78 is 38.4. The third-order valence-corrected chi connectivity index (χ3v) is 11.3. The van der Waals surface area contributed by atoms with E-state index in [-0.39, 0.29) is 17.9 Å². The van der Waals surface area contributed by atoms with Crippen molar-refractivity contribution >= 4 is 39.2 Å². The molecule has 0 unspecified atom stereocenters. The number of carboxylic acid groups (broad SMARTS) is 1. The molecule has 1 aliphatic carbocycles. The lowest BCUT2D eigenvalue weighted by Gasteiger charge is -2.38. The van der Waals surface area contributed by atoms with Gasteiger partial charge in [-0.3, -0.25) is 9.59 Å². The summed E-state index contributed by atoms with van der Waals surface area (Å²) in [6.45, 7) is 10.4. The molecule has 2 aliphatic heterocycles. The first-order valence-electron chi connectivity index (χ1n) is 17.9. The molecule has 51 heavy (non-hydrogen) atoms. The summed E-state index contributed by atoms with van der Waals surface area (Å²) in [6, 6.07) is 18.7. The zero-order chi connectivity index (χ0) is 36.4. The smallest absolute Gasteiger partial charge is 0.475 e. The molecule has 3 fully saturated rings. The number of benzene rings is 2. The SMILES string of the molecule is Cc1ccc2cc(C(=O)NC3(C(=O)N[C@@H](CCN4CCN(CC5CCOCC5)CC4)Cc4ccccc4)CCCC3)sc2c1.O=C(O)C(F)(F)F. The number of carbonyl (C=O) groups is 3. The summed E-state index contributed by atoms with van der Waals surface area (Å²) in [6.07, 6.45) is 2.22. The minimum atomic E-state index is -5.08. The zero-order valence-corrected chi connectivity index (χ0v) is 30.0. The highest BCUT2D eigenvalue weighted by molar-refractivity contribution is 7.20. The van der Waals surface area contributed by atoms with Crippen LogP contribution in [0, 0.1) is 12.8 Å². The molecule has 13 heteroatoms. The maximum Gasteiger partial charge on any atom is 0.490 e. The third-order valence-electron chi connectivity index (χ3n) is 10.2. The van der Waals surface area contributed by atoms with Gasteiger partial charge in [-0.05, 0) is 80.0 Å². The third kappa shape index (κ3) is 11.2. The number of carboxylic acids is 1. The normalized spacial score (nSPS) is 19.2. The van der Waals surface area contributed by atoms with Gasteiger partial charge in [0.05, 0.1) is 4.88 Å². The zero-order valence-electron chi connectivity index (χ0n) is 29.2. The van der Waals surface area contributed by atoms with Crippen LogP contribution in [0.2, 0.25) is 0 Å². The molecular weight excluding hydrogens is 682 g/mol. The maximum absolute atomic E-state index is 14.1. The largest absolute Gasteiger partial charge is 0.490 e. The van der Waals surface area contributed by atoms with Gasteiger partial charge in [0.25, 0.3) is 5.91 Å². The van der Waals surface area contributed by atoms with Crippen LogP contribution in [0.3, 0.4) is 0 Å². The van der Waals surface area contributed by atoms with Gasteiger partial charge in [0.2, 0.25) is 5.91 Å². The molecule has 2 aromatic carbocycles. The highest BCUT2D eigenvalue weighted by atomic mass is 32.1. The molecule has 9 nitrogen and oxygen atoms in total. The van der Waals surface area contributed by atoms with Crippen LogP contribution in [0.4, 0.5) is 13.2 Å². The van der Waals surface area contributed by atoms with Gasteiger partial charge in [0.15, 0.2) is 0 Å². The fourth-order valence-electron chi connectivity index (χ4n) is 7.19. The van der Waals surface area contributed by atoms with E-state index in [0.29, 0.717) is 17.7 Å². The van der Waals surface area contributed by atoms with Crippen molar-refractivity contribution in [1.82, 2.24) is 20.4 Å². The van der Waals surface area contributed by atoms with E-state index in [2.05, 4.69) is 69.8 Å². The predicted octanol–water partition coefficient (Wildman–Crippen LogP) is 6.05. The first-order chi connectivity index (χ1) is 24.4. The van der Waals surface area contributed by atoms with Gasteiger partial charge < -0.3 is 30.3 Å². The van der Waals surface area contributed by atoms with Crippen molar-refractivity contribution in [3.8, 4) is 0 Å². The first-order valence-corrected chi connectivity index (χ1v) is 18.7. The molecule has 278 valence electrons. The summed E-state index contributed by atoms with van der Waals surface area (Å²) in [4.78, 5) is 42.4. The van der Waals surface area contributed by atoms with Gasteiger partial charge in [-0.15, -0.1) is 11.3 Å². The Labute approximate surface area is 301 Å². The van der Waals surface area contributed by atoms with Gasteiger partial charge >= 0.3 is 12.1 Å². The van der Waals surface area contributed by atoms with Gasteiger partial charge in [-0.2, -0.15) is 13.2 Å². The molecule has 1 aromatic heterocycles. The number of aliphatic carboxylic acids is 1. The number of hydrogen-bond donors (Lipinski definition) is 3. The fraction of sp³-hybridized carbons (Fsp3) is 0.553. The van der Waals surface area contributed by atoms with E-state index < -0.39 is 17.7 Å². The van der Waals surface area contributed by atoms with Crippen LogP contribution in [-0.4, -0.2) is 103 Å². The molecule has 0 spiro atoms. The summed E-state index contributed by atoms with van der Waals surface area (Å²) in [5, 5.41) is 14.9. The molecule has 0 radical (unpaired) electrons. The Hall–Kier alpha value is -3.52. The molecule has 1 saturated carbocycles. The van der Waals surface area contributed by atoms with Crippen molar-refractivity contribution in [3.05, 3.63) is 70.6 Å². The number of nitrogens with one attached hydrogen (secondary N) is 2. The van der Waals surface area contributed by atoms with E-state index in [9.17, 15) is 22.8 Å². The first kappa shape index (κ1) is 38.7. The van der Waals surface area contributed by atoms with Crippen LogP contribution in [-0.2, 0) is 20.7 Å². The molecule has 0 bridgehead atoms. The van der Waals surface area contributed by atoms with Crippen LogP contribution in [0.15, 0.2) is 54.6 Å². The van der Waals surface area contributed by atoms with Crippen molar-refractivity contribution in [2.24, 2.45) is 5.92 Å². The average Bonchev–Trinajstić information content (AvgIpc) is 3.77. The number of halogens is 3. The minimum Gasteiger partial charge on any atom is -0.475 e. The Morgan fingerprint density at radius 3 is 2.27 bits per heavy atom. The van der Waals surface area contributed by atoms with Crippen LogP contribution in [0.5, 0.6) is 0 Å². The van der Waals surface area contributed by atoms with Gasteiger partial charge in [-0.25, -0.2) is 4.79 Å². The monoisotopic (exact) mass is 730 g/mol. The van der Waals surface area contributed by atoms with Crippen LogP contribution < -0.4 is 10.6 Å². The van der Waals surface area contributed by atoms with E-state index in [1.165, 1.54) is 41.9 Å². The molecule has 3 N–H and O–H groups in total. The Morgan fingerprint density at radius 1 is 0.980 bits per heavy atom. The molecule has 6 rings (SSSR count). The van der Waals surface area contributed by atoms with Crippen LogP contribution >= 0.6 is 11.3 Å². The van der Waals surface area contributed by atoms with Gasteiger partial charge in [-0.1, -0.05) is 55.3 Å². The number of carbonyl (C=O) groups excluding carboxylic acids is 2. The number of rotatable bonds is 11. The summed E-state index contributed by atoms with van der Waals surface area (Å²) in [5.41, 5.74) is 1.55. The average molecular weight is 731 g/mol. The summed E-state index contributed by atoms with van der Waals surface area (Å²) in [5.74, 6) is -2.15. The Balaban J connectivity index is 0.000000654. The van der Waals surface area contributed by atoms with Crippen molar-refractivity contribution in [1.29, 1.82) is 0 Å². The summed E-state index contributed by atoms with van der Waals surface area (Å²) in [7, 11) is 0. The highest BCUT2D eigenvalue weighted by Gasteiger charge is 2.43. The standard InChI is InChI=1S/C36H48N4O3S.C2HF3O2/c1-27-9-10-30-25-33(44-32(30)23-27)34(41)38-36(14-5-6-15-36)35(42)37-31(24-28-7-3-2-4-8-28)11-16-39-17-19-40(20-18-39)26-29-12-21-43-22-13-29;3-2(4,5)1(6)7/h2-4,7-10,23,25,29,31H,5-6,11-22,24,26H2,1H3,(H,37,42)(H,38,41);(H,6,7)/t31-;/m0./s1. The molecule has 1 atom stereocenters. The quantitative estimate of drug-likeness (QED) is 0.221. The number of nitrogens with zero attached hydrogens (tertiary/aromatic N) is 2. The maximum atomic E-state index is 14.1. The molecule has 3 aliphatic rings. The number of alkyl halides is 3. The number of ether oxygens (including phenoxy) is 1. The second kappa shape index (κ2) is 17.8. The van der Waals surface area contributed by atoms with Crippen LogP contribution in [0.25, 0.3) is 10.1 Å². The van der Waals surface area contributed by atoms with Gasteiger partial charge in [0, 0.05) is 63.2 Å². The van der Waals surface area contributed by atoms with E-state index in [0.717, 1.165) is 87.6 Å². The van der Waals surface area contributed by atoms with Gasteiger partial charge in [0.1, 0.15) is 5.54 Å². The Kier molecular flexibility index (Phi) is 13.5. The minimum absolute atomic E-state index is 0.00634. The van der Waals surface area contributed by atoms with Crippen LogP contribution in [0.1, 0.15) is 65.7 Å². The lowest BCUT2D eigenvalue weighted by Crippen LogP contribution is -2.59. The van der Waals surface area contributed by atoms with E-state index in [1.54, 1.807) is 0 Å². The van der Waals surface area contributed by atoms with E-state index >= 15 is 0 Å². The second-order valence-electron chi connectivity index (χ2n) is 14.0. The molecule has 3 heterocycles. The Bertz CT molecular complexity index is 1600. The van der Waals surface area contributed by atoms with Crippen molar-refractivity contribution in [2.75, 3.05) is 52.5 Å². The van der Waals surface area contributed by atoms with E-state index in [4.69, 9.17) is 14.6 Å². The van der Waals surface area contributed by atoms with Crippen molar-refractivity contribution < 1.29 is 37.4 Å². The number of amides is 2. The molecule has 3 aromatic rings. The highest BCUT2D eigenvalue weighted by Crippen LogP contribution is 2.33. The van der Waals surface area contributed by atoms with E-state index in [1.807, 2.05) is 12.1 Å². The molecule has 2 amide bonds. The van der Waals surface area contributed by atoms with Crippen molar-refractivity contribution in [2.45, 2.75) is 76.0 Å². The summed E-state index contributed by atoms with van der Waals surface area (Å²) >= 11 is 1.50. The Morgan fingerprint density at radius 2 is 1.63 bits per heavy atom. The number of piperazine rings is 1. The molecule has 2 saturated heterocycles. The lowest BCUT2D eigenvalue weighted by atomic mass is 9.94. The topological polar surface area (TPSA) is 111 Å². The lowest BCUT2D eigenvalue weighted by molar-refractivity contribution is -0.192. The number of hydrogen-bond acceptors (Lipinski definition) is 7. The van der Waals surface area contributed by atoms with Crippen molar-refractivity contribution in [3.63, 3.8) is 0 Å². The number of thiophene rings is 1. The number of aryl methyl sites for hydroxylation is 1. The predicted molar refractivity (Wildman–Crippen MR) is 192 cm³/mol.